The van der Waals surface area contributed by atoms with Gasteiger partial charge in [0.2, 0.25) is 17.7 Å². The molecule has 11 nitrogen and oxygen atoms in total. The molecule has 4 aromatic rings. The van der Waals surface area contributed by atoms with Crippen molar-refractivity contribution in [1.29, 1.82) is 0 Å². The van der Waals surface area contributed by atoms with Crippen LogP contribution in [0.3, 0.4) is 0 Å². The zero-order valence-corrected chi connectivity index (χ0v) is 26.4. The molecule has 2 fully saturated rings. The Morgan fingerprint density at radius 1 is 0.911 bits per heavy atom. The summed E-state index contributed by atoms with van der Waals surface area (Å²) in [7, 11) is 3.11. The van der Waals surface area contributed by atoms with Gasteiger partial charge < -0.3 is 25.2 Å². The van der Waals surface area contributed by atoms with Crippen molar-refractivity contribution in [2.24, 2.45) is 0 Å². The van der Waals surface area contributed by atoms with Gasteiger partial charge in [0, 0.05) is 67.4 Å². The van der Waals surface area contributed by atoms with E-state index < -0.39 is 0 Å². The van der Waals surface area contributed by atoms with Gasteiger partial charge in [-0.15, -0.1) is 0 Å². The molecular weight excluding hydrogens is 617 g/mol. The zero-order chi connectivity index (χ0) is 31.5. The lowest BCUT2D eigenvalue weighted by Gasteiger charge is -2.35. The summed E-state index contributed by atoms with van der Waals surface area (Å²) in [4.78, 5) is 32.2. The van der Waals surface area contributed by atoms with E-state index in [4.69, 9.17) is 42.6 Å². The molecule has 2 aromatic carbocycles. The van der Waals surface area contributed by atoms with Crippen LogP contribution in [0.4, 0.5) is 0 Å². The van der Waals surface area contributed by atoms with E-state index in [2.05, 4.69) is 25.5 Å². The number of halogens is 2. The Labute approximate surface area is 270 Å². The number of hydrogen-bond donors (Lipinski definition) is 3. The van der Waals surface area contributed by atoms with Gasteiger partial charge in [-0.05, 0) is 6.42 Å². The maximum absolute atomic E-state index is 11.5. The third kappa shape index (κ3) is 6.73. The van der Waals surface area contributed by atoms with E-state index in [0.29, 0.717) is 94.9 Å². The Hall–Kier alpha value is -3.87. The van der Waals surface area contributed by atoms with Crippen LogP contribution in [0.25, 0.3) is 33.6 Å². The first-order valence-corrected chi connectivity index (χ1v) is 15.4. The lowest BCUT2D eigenvalue weighted by molar-refractivity contribution is -0.119. The van der Waals surface area contributed by atoms with Gasteiger partial charge in [0.05, 0.1) is 54.2 Å². The normalized spacial score (nSPS) is 16.8. The predicted octanol–water partition coefficient (Wildman–Crippen LogP) is 4.14. The summed E-state index contributed by atoms with van der Waals surface area (Å²) < 4.78 is 11.1. The van der Waals surface area contributed by atoms with Crippen LogP contribution in [0.15, 0.2) is 48.8 Å². The van der Waals surface area contributed by atoms with Crippen LogP contribution in [0, 0.1) is 0 Å². The van der Waals surface area contributed by atoms with Crippen LogP contribution < -0.4 is 20.1 Å². The molecule has 13 heteroatoms. The molecule has 4 heterocycles. The SMILES string of the molecule is COc1nc(-c2cccc(-c3cccc(-c4cnc(CN5CC(O)C5)c(OC)n4)c3Cl)c2Cl)cnc1CNC[C@@H]1CCC(=O)N1. The lowest BCUT2D eigenvalue weighted by atomic mass is 9.98. The maximum atomic E-state index is 11.5. The van der Waals surface area contributed by atoms with Crippen molar-refractivity contribution >= 4 is 29.1 Å². The van der Waals surface area contributed by atoms with E-state index in [1.165, 1.54) is 0 Å². The predicted molar refractivity (Wildman–Crippen MR) is 171 cm³/mol. The smallest absolute Gasteiger partial charge is 0.237 e. The summed E-state index contributed by atoms with van der Waals surface area (Å²) in [5.41, 5.74) is 5.26. The third-order valence-electron chi connectivity index (χ3n) is 7.93. The fourth-order valence-corrected chi connectivity index (χ4v) is 6.21. The minimum absolute atomic E-state index is 0.0824. The topological polar surface area (TPSA) is 135 Å². The van der Waals surface area contributed by atoms with Gasteiger partial charge in [-0.2, -0.15) is 0 Å². The first-order chi connectivity index (χ1) is 21.8. The Morgan fingerprint density at radius 3 is 2.00 bits per heavy atom. The number of carbonyl (C=O) groups excluding carboxylic acids is 1. The number of nitrogens with one attached hydrogen (secondary N) is 2. The van der Waals surface area contributed by atoms with Crippen molar-refractivity contribution in [3.05, 3.63) is 70.2 Å². The molecule has 1 atom stereocenters. The second-order valence-corrected chi connectivity index (χ2v) is 11.8. The van der Waals surface area contributed by atoms with E-state index in [1.807, 2.05) is 36.4 Å². The van der Waals surface area contributed by atoms with Gasteiger partial charge in [-0.1, -0.05) is 59.6 Å². The first-order valence-electron chi connectivity index (χ1n) is 14.6. The highest BCUT2D eigenvalue weighted by Crippen LogP contribution is 2.42. The molecule has 0 spiro atoms. The van der Waals surface area contributed by atoms with Crippen molar-refractivity contribution in [1.82, 2.24) is 35.5 Å². The first kappa shape index (κ1) is 31.1. The van der Waals surface area contributed by atoms with Gasteiger partial charge in [-0.3, -0.25) is 19.7 Å². The third-order valence-corrected chi connectivity index (χ3v) is 8.74. The molecule has 0 bridgehead atoms. The second kappa shape index (κ2) is 13.6. The van der Waals surface area contributed by atoms with E-state index >= 15 is 0 Å². The highest BCUT2D eigenvalue weighted by Gasteiger charge is 2.26. The Balaban J connectivity index is 1.24. The number of benzene rings is 2. The number of rotatable bonds is 11. The number of aromatic nitrogens is 4. The lowest BCUT2D eigenvalue weighted by Crippen LogP contribution is -2.50. The molecule has 3 N–H and O–H groups in total. The molecule has 2 saturated heterocycles. The highest BCUT2D eigenvalue weighted by molar-refractivity contribution is 6.39. The van der Waals surface area contributed by atoms with Gasteiger partial charge >= 0.3 is 0 Å². The fourth-order valence-electron chi connectivity index (χ4n) is 5.56. The molecule has 0 aliphatic carbocycles. The summed E-state index contributed by atoms with van der Waals surface area (Å²) in [6.45, 7) is 2.81. The number of nitrogens with zero attached hydrogens (tertiary/aromatic N) is 5. The van der Waals surface area contributed by atoms with Gasteiger partial charge in [0.25, 0.3) is 0 Å². The quantitative estimate of drug-likeness (QED) is 0.218. The number of ether oxygens (including phenoxy) is 2. The molecule has 6 rings (SSSR count). The minimum atomic E-state index is -0.301. The largest absolute Gasteiger partial charge is 0.480 e. The molecule has 45 heavy (non-hydrogen) atoms. The molecule has 0 saturated carbocycles. The number of aliphatic hydroxyl groups is 1. The molecular formula is C32H33Cl2N7O4. The van der Waals surface area contributed by atoms with Gasteiger partial charge in [0.15, 0.2) is 0 Å². The van der Waals surface area contributed by atoms with Crippen LogP contribution in [-0.2, 0) is 17.9 Å². The Kier molecular flexibility index (Phi) is 9.43. The molecule has 2 aliphatic rings. The van der Waals surface area contributed by atoms with Crippen LogP contribution in [0.2, 0.25) is 10.0 Å². The summed E-state index contributed by atoms with van der Waals surface area (Å²) in [6.07, 6.45) is 4.42. The Bertz CT molecular complexity index is 1720. The van der Waals surface area contributed by atoms with Crippen molar-refractivity contribution in [2.75, 3.05) is 33.9 Å². The number of hydrogen-bond acceptors (Lipinski definition) is 10. The maximum Gasteiger partial charge on any atom is 0.237 e. The number of β-amino-alcohol motifs (C(OH)–C–C–N with tert-alkyl or cyclic N) is 1. The second-order valence-electron chi connectivity index (χ2n) is 11.0. The van der Waals surface area contributed by atoms with Crippen LogP contribution in [0.5, 0.6) is 11.8 Å². The minimum Gasteiger partial charge on any atom is -0.480 e. The molecule has 2 aromatic heterocycles. The number of methoxy groups -OCH3 is 2. The number of likely N-dealkylation sites (tertiary alicyclic amines) is 1. The van der Waals surface area contributed by atoms with E-state index in [0.717, 1.165) is 17.5 Å². The number of amides is 1. The highest BCUT2D eigenvalue weighted by atomic mass is 35.5. The molecule has 1 amide bonds. The van der Waals surface area contributed by atoms with Gasteiger partial charge in [-0.25, -0.2) is 9.97 Å². The van der Waals surface area contributed by atoms with Crippen LogP contribution in [0.1, 0.15) is 24.2 Å². The van der Waals surface area contributed by atoms with Crippen molar-refractivity contribution in [2.45, 2.75) is 38.1 Å². The molecule has 234 valence electrons. The monoisotopic (exact) mass is 649 g/mol. The average Bonchev–Trinajstić information content (AvgIpc) is 3.45. The number of aliphatic hydroxyl groups excluding tert-OH is 1. The summed E-state index contributed by atoms with van der Waals surface area (Å²) in [5.74, 6) is 0.879. The van der Waals surface area contributed by atoms with E-state index in [-0.39, 0.29) is 18.1 Å². The van der Waals surface area contributed by atoms with Gasteiger partial charge in [0.1, 0.15) is 11.4 Å². The van der Waals surface area contributed by atoms with E-state index in [9.17, 15) is 9.90 Å². The van der Waals surface area contributed by atoms with Crippen LogP contribution in [-0.4, -0.2) is 81.8 Å². The Morgan fingerprint density at radius 2 is 1.47 bits per heavy atom. The standard InChI is InChI=1S/C32H33Cl2N7O4/c1-44-31-26(12-35-11-18-9-10-28(43)38-18)36-13-24(39-31)22-7-3-5-20(29(22)33)21-6-4-8-23(30(21)34)25-14-37-27(32(40-25)45-2)17-41-15-19(42)16-41/h3-8,13-14,18-19,35,42H,9-12,15-17H2,1-2H3,(H,38,43)/t18-/m0/s1. The average molecular weight is 651 g/mol. The summed E-state index contributed by atoms with van der Waals surface area (Å²) >= 11 is 14.0. The fraction of sp³-hybridized carbons (Fsp3) is 0.344. The molecule has 0 unspecified atom stereocenters. The summed E-state index contributed by atoms with van der Waals surface area (Å²) in [5, 5.41) is 16.8. The summed E-state index contributed by atoms with van der Waals surface area (Å²) in [6, 6.07) is 11.5. The van der Waals surface area contributed by atoms with Crippen LogP contribution >= 0.6 is 23.2 Å². The van der Waals surface area contributed by atoms with Crippen molar-refractivity contribution in [3.63, 3.8) is 0 Å². The molecule has 2 aliphatic heterocycles. The van der Waals surface area contributed by atoms with Crippen molar-refractivity contribution in [3.8, 4) is 45.4 Å². The number of carbonyl (C=O) groups is 1. The van der Waals surface area contributed by atoms with Crippen molar-refractivity contribution < 1.29 is 19.4 Å². The van der Waals surface area contributed by atoms with E-state index in [1.54, 1.807) is 26.6 Å². The molecule has 0 radical (unpaired) electrons. The zero-order valence-electron chi connectivity index (χ0n) is 24.9.